The molecule has 1 aliphatic heterocycles. The van der Waals surface area contributed by atoms with Gasteiger partial charge >= 0.3 is 0 Å². The Morgan fingerprint density at radius 1 is 1.35 bits per heavy atom. The minimum absolute atomic E-state index is 0.415. The molecule has 1 atom stereocenters. The van der Waals surface area contributed by atoms with Crippen molar-refractivity contribution in [2.75, 3.05) is 25.0 Å². The van der Waals surface area contributed by atoms with Gasteiger partial charge < -0.3 is 10.6 Å². The maximum atomic E-state index is 14.5. The van der Waals surface area contributed by atoms with Crippen LogP contribution >= 0.6 is 0 Å². The van der Waals surface area contributed by atoms with E-state index in [1.807, 2.05) is 25.1 Å². The molecular formula is C14H21FN2. The summed E-state index contributed by atoms with van der Waals surface area (Å²) in [6, 6.07) is 8.09. The number of anilines is 1. The fourth-order valence-electron chi connectivity index (χ4n) is 2.28. The Morgan fingerprint density at radius 3 is 3.06 bits per heavy atom. The van der Waals surface area contributed by atoms with Crippen LogP contribution in [0.1, 0.15) is 24.8 Å². The molecule has 1 aliphatic rings. The first-order chi connectivity index (χ1) is 8.18. The van der Waals surface area contributed by atoms with Gasteiger partial charge in [-0.15, -0.1) is 0 Å². The maximum absolute atomic E-state index is 14.5. The molecule has 0 aliphatic carbocycles. The summed E-state index contributed by atoms with van der Waals surface area (Å²) in [6.45, 7) is 4.19. The molecule has 1 heterocycles. The number of halogens is 1. The first-order valence-corrected chi connectivity index (χ1v) is 6.38. The molecule has 0 bridgehead atoms. The van der Waals surface area contributed by atoms with Gasteiger partial charge in [-0.05, 0) is 57.0 Å². The summed E-state index contributed by atoms with van der Waals surface area (Å²) >= 11 is 0. The minimum Gasteiger partial charge on any atom is -0.382 e. The summed E-state index contributed by atoms with van der Waals surface area (Å²) in [6.07, 6.45) is 2.18. The fourth-order valence-corrected chi connectivity index (χ4v) is 2.28. The lowest BCUT2D eigenvalue weighted by Crippen LogP contribution is -2.33. The van der Waals surface area contributed by atoms with Crippen molar-refractivity contribution in [3.63, 3.8) is 0 Å². The molecule has 0 saturated carbocycles. The van der Waals surface area contributed by atoms with E-state index in [9.17, 15) is 4.39 Å². The number of alkyl halides is 1. The molecule has 2 nitrogen and oxygen atoms in total. The van der Waals surface area contributed by atoms with Crippen molar-refractivity contribution in [2.45, 2.75) is 31.9 Å². The number of aryl methyl sites for hydroxylation is 1. The number of nitrogens with one attached hydrogen (secondary N) is 2. The summed E-state index contributed by atoms with van der Waals surface area (Å²) in [7, 11) is 0. The van der Waals surface area contributed by atoms with Crippen molar-refractivity contribution in [3.8, 4) is 0 Å². The third-order valence-electron chi connectivity index (χ3n) is 3.36. The van der Waals surface area contributed by atoms with Crippen molar-refractivity contribution >= 4 is 5.69 Å². The molecule has 0 spiro atoms. The third-order valence-corrected chi connectivity index (χ3v) is 3.36. The third kappa shape index (κ3) is 3.70. The molecule has 1 saturated heterocycles. The van der Waals surface area contributed by atoms with Crippen molar-refractivity contribution in [3.05, 3.63) is 29.8 Å². The largest absolute Gasteiger partial charge is 0.382 e. The summed E-state index contributed by atoms with van der Waals surface area (Å²) < 4.78 is 14.5. The molecule has 94 valence electrons. The van der Waals surface area contributed by atoms with Crippen molar-refractivity contribution in [1.82, 2.24) is 5.32 Å². The Labute approximate surface area is 103 Å². The predicted octanol–water partition coefficient (Wildman–Crippen LogP) is 2.89. The number of rotatable bonds is 3. The Balaban J connectivity index is 1.92. The van der Waals surface area contributed by atoms with Gasteiger partial charge in [-0.3, -0.25) is 0 Å². The van der Waals surface area contributed by atoms with E-state index in [1.165, 1.54) is 5.56 Å². The normalized spacial score (nSPS) is 25.3. The molecule has 0 aromatic heterocycles. The quantitative estimate of drug-likeness (QED) is 0.843. The lowest BCUT2D eigenvalue weighted by molar-refractivity contribution is 0.161. The zero-order valence-corrected chi connectivity index (χ0v) is 10.4. The predicted molar refractivity (Wildman–Crippen MR) is 70.2 cm³/mol. The second-order valence-corrected chi connectivity index (χ2v) is 4.98. The van der Waals surface area contributed by atoms with E-state index in [0.29, 0.717) is 19.4 Å². The summed E-state index contributed by atoms with van der Waals surface area (Å²) in [5.74, 6) is 0. The zero-order chi connectivity index (χ0) is 12.1. The molecule has 17 heavy (non-hydrogen) atoms. The van der Waals surface area contributed by atoms with E-state index in [1.54, 1.807) is 0 Å². The molecule has 3 heteroatoms. The van der Waals surface area contributed by atoms with Gasteiger partial charge in [0.15, 0.2) is 0 Å². The van der Waals surface area contributed by atoms with Crippen LogP contribution in [0.5, 0.6) is 0 Å². The highest BCUT2D eigenvalue weighted by molar-refractivity contribution is 5.45. The van der Waals surface area contributed by atoms with Crippen LogP contribution in [0.15, 0.2) is 24.3 Å². The van der Waals surface area contributed by atoms with E-state index in [-0.39, 0.29) is 0 Å². The van der Waals surface area contributed by atoms with E-state index < -0.39 is 5.67 Å². The SMILES string of the molecule is Cc1cccc(NCC2(F)CCCNCC2)c1. The highest BCUT2D eigenvalue weighted by atomic mass is 19.1. The summed E-state index contributed by atoms with van der Waals surface area (Å²) in [5.41, 5.74) is 1.15. The van der Waals surface area contributed by atoms with Crippen LogP contribution in [0.25, 0.3) is 0 Å². The van der Waals surface area contributed by atoms with Crippen LogP contribution in [-0.4, -0.2) is 25.3 Å². The standard InChI is InChI=1S/C14H21FN2/c1-12-4-2-5-13(10-12)17-11-14(15)6-3-8-16-9-7-14/h2,4-5,10,16-17H,3,6-9,11H2,1H3. The average molecular weight is 236 g/mol. The number of hydrogen-bond donors (Lipinski definition) is 2. The van der Waals surface area contributed by atoms with Crippen LogP contribution < -0.4 is 10.6 Å². The van der Waals surface area contributed by atoms with Gasteiger partial charge in [0.2, 0.25) is 0 Å². The smallest absolute Gasteiger partial charge is 0.129 e. The van der Waals surface area contributed by atoms with E-state index in [4.69, 9.17) is 0 Å². The second kappa shape index (κ2) is 5.50. The first kappa shape index (κ1) is 12.4. The second-order valence-electron chi connectivity index (χ2n) is 4.98. The molecule has 1 unspecified atom stereocenters. The first-order valence-electron chi connectivity index (χ1n) is 6.38. The molecule has 2 rings (SSSR count). The molecular weight excluding hydrogens is 215 g/mol. The zero-order valence-electron chi connectivity index (χ0n) is 10.4. The Morgan fingerprint density at radius 2 is 2.24 bits per heavy atom. The fraction of sp³-hybridized carbons (Fsp3) is 0.571. The molecule has 2 N–H and O–H groups in total. The molecule has 0 radical (unpaired) electrons. The average Bonchev–Trinajstić information content (AvgIpc) is 2.53. The Kier molecular flexibility index (Phi) is 4.00. The van der Waals surface area contributed by atoms with Crippen LogP contribution in [-0.2, 0) is 0 Å². The summed E-state index contributed by atoms with van der Waals surface area (Å²) in [4.78, 5) is 0. The van der Waals surface area contributed by atoms with Crippen LogP contribution in [0.3, 0.4) is 0 Å². The van der Waals surface area contributed by atoms with Crippen LogP contribution in [0, 0.1) is 6.92 Å². The van der Waals surface area contributed by atoms with Gasteiger partial charge in [-0.25, -0.2) is 4.39 Å². The lowest BCUT2D eigenvalue weighted by atomic mass is 9.97. The highest BCUT2D eigenvalue weighted by Crippen LogP contribution is 2.25. The topological polar surface area (TPSA) is 24.1 Å². The number of hydrogen-bond acceptors (Lipinski definition) is 2. The van der Waals surface area contributed by atoms with E-state index in [2.05, 4.69) is 16.7 Å². The number of benzene rings is 1. The van der Waals surface area contributed by atoms with E-state index >= 15 is 0 Å². The highest BCUT2D eigenvalue weighted by Gasteiger charge is 2.29. The molecule has 1 aromatic carbocycles. The molecule has 0 amide bonds. The Bertz CT molecular complexity index is 357. The van der Waals surface area contributed by atoms with Crippen molar-refractivity contribution in [1.29, 1.82) is 0 Å². The van der Waals surface area contributed by atoms with E-state index in [0.717, 1.165) is 25.2 Å². The monoisotopic (exact) mass is 236 g/mol. The molecule has 1 aromatic rings. The molecule has 1 fully saturated rings. The maximum Gasteiger partial charge on any atom is 0.129 e. The van der Waals surface area contributed by atoms with Gasteiger partial charge in [0.05, 0.1) is 0 Å². The van der Waals surface area contributed by atoms with Crippen molar-refractivity contribution in [2.24, 2.45) is 0 Å². The van der Waals surface area contributed by atoms with Gasteiger partial charge in [-0.2, -0.15) is 0 Å². The van der Waals surface area contributed by atoms with Gasteiger partial charge in [0.25, 0.3) is 0 Å². The minimum atomic E-state index is -1.06. The van der Waals surface area contributed by atoms with Crippen molar-refractivity contribution < 1.29 is 4.39 Å². The van der Waals surface area contributed by atoms with Crippen LogP contribution in [0.2, 0.25) is 0 Å². The van der Waals surface area contributed by atoms with Gasteiger partial charge in [0, 0.05) is 12.2 Å². The van der Waals surface area contributed by atoms with Crippen LogP contribution in [0.4, 0.5) is 10.1 Å². The Hall–Kier alpha value is -1.09. The summed E-state index contributed by atoms with van der Waals surface area (Å²) in [5, 5.41) is 6.46. The van der Waals surface area contributed by atoms with Gasteiger partial charge in [-0.1, -0.05) is 12.1 Å². The van der Waals surface area contributed by atoms with Gasteiger partial charge in [0.1, 0.15) is 5.67 Å². The lowest BCUT2D eigenvalue weighted by Gasteiger charge is -2.24.